The van der Waals surface area contributed by atoms with Crippen molar-refractivity contribution in [2.45, 2.75) is 19.4 Å². The summed E-state index contributed by atoms with van der Waals surface area (Å²) in [7, 11) is 0. The maximum atomic E-state index is 10.6. The number of rotatable bonds is 3. The van der Waals surface area contributed by atoms with E-state index in [4.69, 9.17) is 5.73 Å². The van der Waals surface area contributed by atoms with Gasteiger partial charge in [-0.3, -0.25) is 10.1 Å². The molecule has 0 saturated heterocycles. The Hall–Kier alpha value is -1.14. The second kappa shape index (κ2) is 4.59. The first kappa shape index (κ1) is 11.9. The fourth-order valence-corrected chi connectivity index (χ4v) is 1.77. The molecule has 0 aromatic heterocycles. The van der Waals surface area contributed by atoms with Crippen LogP contribution in [0.15, 0.2) is 16.6 Å². The first-order valence-electron chi connectivity index (χ1n) is 4.33. The molecule has 6 heteroatoms. The van der Waals surface area contributed by atoms with E-state index in [9.17, 15) is 15.2 Å². The van der Waals surface area contributed by atoms with Crippen LogP contribution in [0, 0.1) is 10.1 Å². The van der Waals surface area contributed by atoms with Crippen LogP contribution in [0.1, 0.15) is 12.5 Å². The van der Waals surface area contributed by atoms with E-state index in [0.717, 1.165) is 5.56 Å². The van der Waals surface area contributed by atoms with Crippen LogP contribution in [0.5, 0.6) is 5.75 Å². The lowest BCUT2D eigenvalue weighted by Crippen LogP contribution is -2.17. The molecule has 0 heterocycles. The van der Waals surface area contributed by atoms with Crippen molar-refractivity contribution in [1.82, 2.24) is 0 Å². The number of hydrogen-bond donors (Lipinski definition) is 2. The Bertz CT molecular complexity index is 393. The fraction of sp³-hybridized carbons (Fsp3) is 0.333. The van der Waals surface area contributed by atoms with Crippen molar-refractivity contribution in [3.8, 4) is 5.75 Å². The number of nitro groups is 1. The Balaban J connectivity index is 3.17. The third kappa shape index (κ3) is 2.90. The van der Waals surface area contributed by atoms with E-state index >= 15 is 0 Å². The Morgan fingerprint density at radius 1 is 1.67 bits per heavy atom. The molecule has 1 unspecified atom stereocenters. The van der Waals surface area contributed by atoms with E-state index in [2.05, 4.69) is 15.9 Å². The van der Waals surface area contributed by atoms with Gasteiger partial charge < -0.3 is 10.8 Å². The lowest BCUT2D eigenvalue weighted by Gasteiger charge is -2.07. The van der Waals surface area contributed by atoms with Gasteiger partial charge in [0.2, 0.25) is 5.75 Å². The number of nitrogens with two attached hydrogens (primary N) is 1. The summed E-state index contributed by atoms with van der Waals surface area (Å²) >= 11 is 3.06. The molecule has 1 atom stereocenters. The highest BCUT2D eigenvalue weighted by atomic mass is 79.9. The van der Waals surface area contributed by atoms with E-state index in [1.165, 1.54) is 6.07 Å². The Morgan fingerprint density at radius 3 is 2.73 bits per heavy atom. The van der Waals surface area contributed by atoms with Crippen LogP contribution in [-0.4, -0.2) is 16.1 Å². The molecular formula is C9H11BrN2O3. The predicted octanol–water partition coefficient (Wildman–Crippen LogP) is 1.95. The number of phenolic OH excluding ortho intramolecular Hbond substituents is 1. The number of benzene rings is 1. The number of halogens is 1. The first-order chi connectivity index (χ1) is 6.91. The average molecular weight is 275 g/mol. The summed E-state index contributed by atoms with van der Waals surface area (Å²) in [5.41, 5.74) is 6.01. The zero-order chi connectivity index (χ0) is 11.6. The van der Waals surface area contributed by atoms with Gasteiger partial charge in [-0.1, -0.05) is 0 Å². The van der Waals surface area contributed by atoms with E-state index in [1.807, 2.05) is 6.92 Å². The van der Waals surface area contributed by atoms with Crippen molar-refractivity contribution in [1.29, 1.82) is 0 Å². The predicted molar refractivity (Wildman–Crippen MR) is 59.8 cm³/mol. The van der Waals surface area contributed by atoms with Crippen LogP contribution in [0.2, 0.25) is 0 Å². The lowest BCUT2D eigenvalue weighted by molar-refractivity contribution is -0.386. The van der Waals surface area contributed by atoms with Crippen molar-refractivity contribution in [3.63, 3.8) is 0 Å². The van der Waals surface area contributed by atoms with Crippen molar-refractivity contribution in [2.24, 2.45) is 5.73 Å². The largest absolute Gasteiger partial charge is 0.501 e. The second-order valence-corrected chi connectivity index (χ2v) is 4.24. The minimum atomic E-state index is -0.620. The number of nitro benzene ring substituents is 1. The summed E-state index contributed by atoms with van der Waals surface area (Å²) in [6.45, 7) is 1.81. The van der Waals surface area contributed by atoms with E-state index in [-0.39, 0.29) is 17.5 Å². The molecule has 0 radical (unpaired) electrons. The summed E-state index contributed by atoms with van der Waals surface area (Å²) in [5.74, 6) is -0.353. The molecule has 1 aromatic carbocycles. The van der Waals surface area contributed by atoms with Gasteiger partial charge in [-0.05, 0) is 40.9 Å². The zero-order valence-corrected chi connectivity index (χ0v) is 9.69. The summed E-state index contributed by atoms with van der Waals surface area (Å²) in [5, 5.41) is 20.0. The van der Waals surface area contributed by atoms with E-state index < -0.39 is 4.92 Å². The van der Waals surface area contributed by atoms with Crippen LogP contribution in [0.25, 0.3) is 0 Å². The average Bonchev–Trinajstić information content (AvgIpc) is 2.09. The van der Waals surface area contributed by atoms with Crippen LogP contribution >= 0.6 is 15.9 Å². The standard InChI is InChI=1S/C9H11BrN2O3/c1-5(11)2-6-3-7(10)9(13)8(4-6)12(14)15/h3-5,13H,2,11H2,1H3. The summed E-state index contributed by atoms with van der Waals surface area (Å²) < 4.78 is 0.312. The molecule has 3 N–H and O–H groups in total. The maximum absolute atomic E-state index is 10.6. The van der Waals surface area contributed by atoms with Crippen molar-refractivity contribution < 1.29 is 10.0 Å². The van der Waals surface area contributed by atoms with Gasteiger partial charge in [0.05, 0.1) is 9.40 Å². The summed E-state index contributed by atoms with van der Waals surface area (Å²) in [6.07, 6.45) is 0.528. The van der Waals surface area contributed by atoms with E-state index in [1.54, 1.807) is 6.07 Å². The Labute approximate surface area is 95.2 Å². The maximum Gasteiger partial charge on any atom is 0.312 e. The summed E-state index contributed by atoms with van der Waals surface area (Å²) in [6, 6.07) is 2.89. The molecule has 0 saturated carbocycles. The molecule has 0 amide bonds. The molecule has 0 spiro atoms. The lowest BCUT2D eigenvalue weighted by atomic mass is 10.1. The number of hydrogen-bond acceptors (Lipinski definition) is 4. The fourth-order valence-electron chi connectivity index (χ4n) is 1.27. The quantitative estimate of drug-likeness (QED) is 0.651. The Morgan fingerprint density at radius 2 is 2.27 bits per heavy atom. The minimum Gasteiger partial charge on any atom is -0.501 e. The smallest absolute Gasteiger partial charge is 0.312 e. The third-order valence-electron chi connectivity index (χ3n) is 1.86. The molecule has 0 fully saturated rings. The zero-order valence-electron chi connectivity index (χ0n) is 8.11. The van der Waals surface area contributed by atoms with Gasteiger partial charge in [0, 0.05) is 12.1 Å². The number of phenols is 1. The molecule has 15 heavy (non-hydrogen) atoms. The van der Waals surface area contributed by atoms with Gasteiger partial charge in [-0.15, -0.1) is 0 Å². The van der Waals surface area contributed by atoms with Crippen LogP contribution in [0.4, 0.5) is 5.69 Å². The second-order valence-electron chi connectivity index (χ2n) is 3.38. The van der Waals surface area contributed by atoms with E-state index in [0.29, 0.717) is 10.9 Å². The van der Waals surface area contributed by atoms with Crippen LogP contribution in [0.3, 0.4) is 0 Å². The highest BCUT2D eigenvalue weighted by Crippen LogP contribution is 2.35. The van der Waals surface area contributed by atoms with Crippen LogP contribution in [-0.2, 0) is 6.42 Å². The molecule has 1 aromatic rings. The SMILES string of the molecule is CC(N)Cc1cc(Br)c(O)c([N+](=O)[O-])c1. The molecule has 82 valence electrons. The highest BCUT2D eigenvalue weighted by molar-refractivity contribution is 9.10. The van der Waals surface area contributed by atoms with Gasteiger partial charge in [-0.2, -0.15) is 0 Å². The van der Waals surface area contributed by atoms with Gasteiger partial charge in [0.25, 0.3) is 0 Å². The number of nitrogens with zero attached hydrogens (tertiary/aromatic N) is 1. The van der Waals surface area contributed by atoms with Crippen molar-refractivity contribution in [2.75, 3.05) is 0 Å². The molecule has 5 nitrogen and oxygen atoms in total. The van der Waals surface area contributed by atoms with Gasteiger partial charge in [0.1, 0.15) is 0 Å². The topological polar surface area (TPSA) is 89.4 Å². The van der Waals surface area contributed by atoms with Crippen molar-refractivity contribution >= 4 is 21.6 Å². The minimum absolute atomic E-state index is 0.0824. The first-order valence-corrected chi connectivity index (χ1v) is 5.12. The third-order valence-corrected chi connectivity index (χ3v) is 2.46. The molecule has 0 aliphatic rings. The molecule has 0 aliphatic heterocycles. The Kier molecular flexibility index (Phi) is 3.65. The molecule has 0 aliphatic carbocycles. The number of aromatic hydroxyl groups is 1. The monoisotopic (exact) mass is 274 g/mol. The van der Waals surface area contributed by atoms with Gasteiger partial charge >= 0.3 is 5.69 Å². The van der Waals surface area contributed by atoms with Gasteiger partial charge in [-0.25, -0.2) is 0 Å². The van der Waals surface area contributed by atoms with Gasteiger partial charge in [0.15, 0.2) is 0 Å². The summed E-state index contributed by atoms with van der Waals surface area (Å²) in [4.78, 5) is 9.99. The highest BCUT2D eigenvalue weighted by Gasteiger charge is 2.17. The normalized spacial score (nSPS) is 12.5. The molecule has 1 rings (SSSR count). The van der Waals surface area contributed by atoms with Crippen molar-refractivity contribution in [3.05, 3.63) is 32.3 Å². The molecule has 0 bridgehead atoms. The molecular weight excluding hydrogens is 264 g/mol. The van der Waals surface area contributed by atoms with Crippen LogP contribution < -0.4 is 5.73 Å².